The lowest BCUT2D eigenvalue weighted by atomic mass is 10.3. The lowest BCUT2D eigenvalue weighted by Gasteiger charge is -2.11. The van der Waals surface area contributed by atoms with E-state index in [0.717, 1.165) is 24.3 Å². The lowest BCUT2D eigenvalue weighted by Crippen LogP contribution is -2.33. The Hall–Kier alpha value is -1.82. The molecule has 0 amide bonds. The van der Waals surface area contributed by atoms with Crippen molar-refractivity contribution in [1.82, 2.24) is 4.72 Å². The van der Waals surface area contributed by atoms with Gasteiger partial charge in [-0.1, -0.05) is 17.7 Å². The molecule has 0 saturated carbocycles. The van der Waals surface area contributed by atoms with Crippen LogP contribution in [-0.2, 0) is 20.0 Å². The first kappa shape index (κ1) is 20.5. The fraction of sp³-hybridized carbons (Fsp3) is 0.143. The number of rotatable bonds is 6. The van der Waals surface area contributed by atoms with Crippen LogP contribution in [0.15, 0.2) is 58.3 Å². The summed E-state index contributed by atoms with van der Waals surface area (Å²) in [6.07, 6.45) is -4.69. The van der Waals surface area contributed by atoms with Crippen molar-refractivity contribution in [3.05, 3.63) is 53.6 Å². The number of sulfonamides is 2. The third kappa shape index (κ3) is 5.59. The van der Waals surface area contributed by atoms with Crippen LogP contribution in [0.3, 0.4) is 0 Å². The van der Waals surface area contributed by atoms with Crippen LogP contribution in [0, 0.1) is 0 Å². The second-order valence-corrected chi connectivity index (χ2v) is 8.91. The van der Waals surface area contributed by atoms with Gasteiger partial charge in [0, 0.05) is 10.7 Å². The van der Waals surface area contributed by atoms with Crippen LogP contribution in [0.5, 0.6) is 0 Å². The quantitative estimate of drug-likeness (QED) is 0.739. The van der Waals surface area contributed by atoms with E-state index in [1.165, 1.54) is 29.0 Å². The molecule has 2 aromatic carbocycles. The molecule has 0 saturated heterocycles. The van der Waals surface area contributed by atoms with Gasteiger partial charge in [-0.15, -0.1) is 0 Å². The fourth-order valence-corrected chi connectivity index (χ4v) is 4.18. The molecule has 142 valence electrons. The molecule has 2 rings (SSSR count). The number of nitrogens with one attached hydrogen (secondary N) is 2. The number of hydrogen-bond acceptors (Lipinski definition) is 4. The summed E-state index contributed by atoms with van der Waals surface area (Å²) in [7, 11) is -8.34. The summed E-state index contributed by atoms with van der Waals surface area (Å²) in [5.41, 5.74) is 0.0275. The summed E-state index contributed by atoms with van der Waals surface area (Å²) in [5, 5.41) is 0.213. The molecule has 0 aliphatic rings. The molecule has 26 heavy (non-hydrogen) atoms. The molecule has 2 aromatic rings. The Labute approximate surface area is 153 Å². The highest BCUT2D eigenvalue weighted by Gasteiger charge is 2.30. The van der Waals surface area contributed by atoms with Crippen molar-refractivity contribution in [2.75, 3.05) is 11.3 Å². The summed E-state index contributed by atoms with van der Waals surface area (Å²) in [6, 6.07) is 9.67. The minimum Gasteiger partial charge on any atom is -0.280 e. The third-order valence-electron chi connectivity index (χ3n) is 2.99. The van der Waals surface area contributed by atoms with E-state index < -0.39 is 37.7 Å². The first-order valence-corrected chi connectivity index (χ1v) is 10.2. The smallest absolute Gasteiger partial charge is 0.280 e. The molecule has 0 aliphatic heterocycles. The van der Waals surface area contributed by atoms with Gasteiger partial charge < -0.3 is 0 Å². The minimum absolute atomic E-state index is 0.0275. The molecule has 0 aliphatic carbocycles. The second-order valence-electron chi connectivity index (χ2n) is 5.03. The highest BCUT2D eigenvalue weighted by Crippen LogP contribution is 2.21. The number of alkyl halides is 3. The first-order valence-electron chi connectivity index (χ1n) is 6.84. The first-order chi connectivity index (χ1) is 11.9. The highest BCUT2D eigenvalue weighted by molar-refractivity contribution is 7.92. The SMILES string of the molecule is O=S(=O)(NCC(F)(F)F)c1ccc(NS(=O)(=O)c2cccc(Cl)c2)cc1. The molecule has 0 fully saturated rings. The topological polar surface area (TPSA) is 92.3 Å². The molecule has 0 heterocycles. The maximum absolute atomic E-state index is 12.2. The van der Waals surface area contributed by atoms with Crippen molar-refractivity contribution in [2.24, 2.45) is 0 Å². The molecule has 0 atom stereocenters. The van der Waals surface area contributed by atoms with E-state index >= 15 is 0 Å². The van der Waals surface area contributed by atoms with Crippen LogP contribution in [0.2, 0.25) is 5.02 Å². The summed E-state index contributed by atoms with van der Waals surface area (Å²) in [4.78, 5) is -0.541. The van der Waals surface area contributed by atoms with Gasteiger partial charge in [0.25, 0.3) is 10.0 Å². The van der Waals surface area contributed by atoms with E-state index in [1.807, 2.05) is 0 Å². The van der Waals surface area contributed by atoms with Crippen molar-refractivity contribution in [1.29, 1.82) is 0 Å². The average Bonchev–Trinajstić information content (AvgIpc) is 2.53. The molecular formula is C14H12ClF3N2O4S2. The Kier molecular flexibility index (Phi) is 5.85. The van der Waals surface area contributed by atoms with Crippen LogP contribution < -0.4 is 9.44 Å². The monoisotopic (exact) mass is 428 g/mol. The van der Waals surface area contributed by atoms with Crippen molar-refractivity contribution < 1.29 is 30.0 Å². The van der Waals surface area contributed by atoms with Gasteiger partial charge in [0.1, 0.15) is 6.54 Å². The molecule has 0 spiro atoms. The lowest BCUT2D eigenvalue weighted by molar-refractivity contribution is -0.121. The van der Waals surface area contributed by atoms with E-state index in [9.17, 15) is 30.0 Å². The Morgan fingerprint density at radius 3 is 2.04 bits per heavy atom. The van der Waals surface area contributed by atoms with Crippen molar-refractivity contribution in [3.63, 3.8) is 0 Å². The number of halogens is 4. The maximum Gasteiger partial charge on any atom is 0.402 e. The number of hydrogen-bond donors (Lipinski definition) is 2. The van der Waals surface area contributed by atoms with Gasteiger partial charge in [-0.3, -0.25) is 4.72 Å². The molecule has 0 radical (unpaired) electrons. The summed E-state index contributed by atoms with van der Waals surface area (Å²) in [6.45, 7) is -1.71. The van der Waals surface area contributed by atoms with Gasteiger partial charge in [0.15, 0.2) is 0 Å². The normalized spacial score (nSPS) is 12.8. The highest BCUT2D eigenvalue weighted by atomic mass is 35.5. The predicted molar refractivity (Wildman–Crippen MR) is 89.9 cm³/mol. The van der Waals surface area contributed by atoms with E-state index in [4.69, 9.17) is 11.6 Å². The Balaban J connectivity index is 2.17. The summed E-state index contributed by atoms with van der Waals surface area (Å²) in [5.74, 6) is 0. The average molecular weight is 429 g/mol. The standard InChI is InChI=1S/C14H12ClF3N2O4S2/c15-10-2-1-3-13(8-10)26(23,24)20-11-4-6-12(7-5-11)25(21,22)19-9-14(16,17)18/h1-8,19-20H,9H2. The molecule has 0 unspecified atom stereocenters. The zero-order valence-corrected chi connectivity index (χ0v) is 15.2. The van der Waals surface area contributed by atoms with E-state index in [0.29, 0.717) is 0 Å². The second kappa shape index (κ2) is 7.43. The number of benzene rings is 2. The molecular weight excluding hydrogens is 417 g/mol. The minimum atomic E-state index is -4.69. The Morgan fingerprint density at radius 1 is 0.885 bits per heavy atom. The zero-order valence-electron chi connectivity index (χ0n) is 12.8. The van der Waals surface area contributed by atoms with Gasteiger partial charge in [0.2, 0.25) is 10.0 Å². The maximum atomic E-state index is 12.2. The molecule has 12 heteroatoms. The molecule has 0 bridgehead atoms. The van der Waals surface area contributed by atoms with E-state index in [-0.39, 0.29) is 15.6 Å². The zero-order chi connectivity index (χ0) is 19.6. The van der Waals surface area contributed by atoms with Gasteiger partial charge in [-0.05, 0) is 42.5 Å². The Bertz CT molecular complexity index is 992. The van der Waals surface area contributed by atoms with Gasteiger partial charge in [0.05, 0.1) is 9.79 Å². The Morgan fingerprint density at radius 2 is 1.50 bits per heavy atom. The van der Waals surface area contributed by atoms with E-state index in [2.05, 4.69) is 4.72 Å². The molecule has 2 N–H and O–H groups in total. The largest absolute Gasteiger partial charge is 0.402 e. The van der Waals surface area contributed by atoms with Crippen molar-refractivity contribution in [2.45, 2.75) is 16.0 Å². The molecule has 6 nitrogen and oxygen atoms in total. The van der Waals surface area contributed by atoms with Crippen LogP contribution >= 0.6 is 11.6 Å². The number of anilines is 1. The van der Waals surface area contributed by atoms with Crippen LogP contribution in [-0.4, -0.2) is 29.6 Å². The third-order valence-corrected chi connectivity index (χ3v) is 6.02. The van der Waals surface area contributed by atoms with Crippen LogP contribution in [0.25, 0.3) is 0 Å². The van der Waals surface area contributed by atoms with Gasteiger partial charge >= 0.3 is 6.18 Å². The van der Waals surface area contributed by atoms with Gasteiger partial charge in [-0.2, -0.15) is 13.2 Å². The fourth-order valence-electron chi connectivity index (χ4n) is 1.81. The summed E-state index contributed by atoms with van der Waals surface area (Å²) >= 11 is 5.74. The van der Waals surface area contributed by atoms with Gasteiger partial charge in [-0.25, -0.2) is 21.6 Å². The molecule has 0 aromatic heterocycles. The van der Waals surface area contributed by atoms with Crippen molar-refractivity contribution in [3.8, 4) is 0 Å². The van der Waals surface area contributed by atoms with Crippen LogP contribution in [0.1, 0.15) is 0 Å². The predicted octanol–water partition coefficient (Wildman–Crippen LogP) is 2.98. The van der Waals surface area contributed by atoms with Crippen LogP contribution in [0.4, 0.5) is 18.9 Å². The summed E-state index contributed by atoms with van der Waals surface area (Å²) < 4.78 is 88.0. The van der Waals surface area contributed by atoms with Crippen molar-refractivity contribution >= 4 is 37.3 Å². The van der Waals surface area contributed by atoms with E-state index in [1.54, 1.807) is 0 Å².